The van der Waals surface area contributed by atoms with E-state index >= 15 is 0 Å². The lowest BCUT2D eigenvalue weighted by molar-refractivity contribution is -0.141. The largest absolute Gasteiger partial charge is 0.493 e. The molecule has 4 rings (SSSR count). The fourth-order valence-corrected chi connectivity index (χ4v) is 4.63. The van der Waals surface area contributed by atoms with Crippen molar-refractivity contribution in [3.63, 3.8) is 0 Å². The number of rotatable bonds is 5. The van der Waals surface area contributed by atoms with Gasteiger partial charge in [-0.1, -0.05) is 72.8 Å². The molecule has 224 valence electrons. The quantitative estimate of drug-likeness (QED) is 0.303. The molecular weight excluding hydrogens is 552 g/mol. The highest BCUT2D eigenvalue weighted by Crippen LogP contribution is 2.18. The zero-order valence-electron chi connectivity index (χ0n) is 23.5. The molecule has 1 aliphatic rings. The van der Waals surface area contributed by atoms with Crippen molar-refractivity contribution in [1.82, 2.24) is 21.3 Å². The van der Waals surface area contributed by atoms with Gasteiger partial charge in [0.2, 0.25) is 17.7 Å². The van der Waals surface area contributed by atoms with Crippen molar-refractivity contribution >= 4 is 29.6 Å². The first-order valence-electron chi connectivity index (χ1n) is 14.0. The van der Waals surface area contributed by atoms with Crippen molar-refractivity contribution in [2.75, 3.05) is 13.2 Å². The molecule has 0 bridgehead atoms. The number of amides is 4. The molecule has 0 radical (unpaired) electrons. The second-order valence-electron chi connectivity index (χ2n) is 10.1. The maximum Gasteiger partial charge on any atom is 0.326 e. The van der Waals surface area contributed by atoms with Gasteiger partial charge in [-0.2, -0.15) is 0 Å². The third-order valence-electron chi connectivity index (χ3n) is 6.85. The van der Waals surface area contributed by atoms with Gasteiger partial charge in [-0.3, -0.25) is 19.2 Å². The molecule has 1 aliphatic heterocycles. The van der Waals surface area contributed by atoms with Gasteiger partial charge in [-0.05, 0) is 29.7 Å². The number of carbonyl (C=O) groups is 5. The first-order valence-corrected chi connectivity index (χ1v) is 14.0. The van der Waals surface area contributed by atoms with Crippen LogP contribution in [0.15, 0.2) is 84.9 Å². The Hall–Kier alpha value is -5.19. The Labute approximate surface area is 249 Å². The van der Waals surface area contributed by atoms with Crippen LogP contribution >= 0.6 is 0 Å². The maximum atomic E-state index is 13.6. The second kappa shape index (κ2) is 15.2. The van der Waals surface area contributed by atoms with E-state index in [1.54, 1.807) is 42.5 Å². The molecule has 5 N–H and O–H groups in total. The molecule has 1 heterocycles. The molecule has 3 atom stereocenters. The predicted molar refractivity (Wildman–Crippen MR) is 157 cm³/mol. The molecule has 4 amide bonds. The van der Waals surface area contributed by atoms with Crippen LogP contribution in [0, 0.1) is 0 Å². The minimum atomic E-state index is -1.57. The molecule has 11 nitrogen and oxygen atoms in total. The number of para-hydroxylation sites is 1. The summed E-state index contributed by atoms with van der Waals surface area (Å²) in [6.45, 7) is 0.393. The summed E-state index contributed by atoms with van der Waals surface area (Å²) in [5, 5.41) is 20.4. The summed E-state index contributed by atoms with van der Waals surface area (Å²) in [6.07, 6.45) is 0.0725. The lowest BCUT2D eigenvalue weighted by Gasteiger charge is -2.24. The predicted octanol–water partition coefficient (Wildman–Crippen LogP) is 1.61. The smallest absolute Gasteiger partial charge is 0.326 e. The van der Waals surface area contributed by atoms with Crippen molar-refractivity contribution in [2.24, 2.45) is 0 Å². The van der Waals surface area contributed by atoms with E-state index in [4.69, 9.17) is 4.74 Å². The summed E-state index contributed by atoms with van der Waals surface area (Å²) in [6, 6.07) is 20.9. The molecule has 0 spiro atoms. The van der Waals surface area contributed by atoms with E-state index in [1.165, 1.54) is 6.07 Å². The molecule has 0 fully saturated rings. The van der Waals surface area contributed by atoms with Crippen LogP contribution in [0.4, 0.5) is 0 Å². The summed E-state index contributed by atoms with van der Waals surface area (Å²) in [7, 11) is 0. The zero-order valence-corrected chi connectivity index (χ0v) is 23.5. The summed E-state index contributed by atoms with van der Waals surface area (Å²) >= 11 is 0. The molecule has 0 aliphatic carbocycles. The molecule has 11 heteroatoms. The van der Waals surface area contributed by atoms with E-state index in [0.29, 0.717) is 6.42 Å². The Kier molecular flexibility index (Phi) is 10.8. The van der Waals surface area contributed by atoms with Gasteiger partial charge < -0.3 is 31.1 Å². The molecule has 3 aromatic carbocycles. The average molecular weight is 587 g/mol. The Balaban J connectivity index is 1.63. The lowest BCUT2D eigenvalue weighted by atomic mass is 10.0. The van der Waals surface area contributed by atoms with Crippen molar-refractivity contribution in [3.8, 4) is 5.75 Å². The van der Waals surface area contributed by atoms with Gasteiger partial charge in [0, 0.05) is 19.4 Å². The maximum absolute atomic E-state index is 13.6. The number of nitrogens with one attached hydrogen (secondary N) is 4. The SMILES string of the molecule is O=C1C[C@@H](C(=O)O)NC(=O)c2ccccc2OCCCNC(=O)C(Cc2ccccc2)NC(=O)[C@H](Cc2ccccc2)N1. The van der Waals surface area contributed by atoms with Crippen LogP contribution in [0.1, 0.15) is 34.3 Å². The highest BCUT2D eigenvalue weighted by atomic mass is 16.5. The fourth-order valence-electron chi connectivity index (χ4n) is 4.63. The number of carbonyl (C=O) groups excluding carboxylic acids is 4. The molecule has 1 unspecified atom stereocenters. The Bertz CT molecular complexity index is 1430. The number of carboxylic acids is 1. The van der Waals surface area contributed by atoms with Crippen LogP contribution in [0.3, 0.4) is 0 Å². The number of fused-ring (bicyclic) bond motifs is 1. The van der Waals surface area contributed by atoms with Crippen LogP contribution in [0.2, 0.25) is 0 Å². The molecule has 0 aromatic heterocycles. The van der Waals surface area contributed by atoms with E-state index in [1.807, 2.05) is 36.4 Å². The first kappa shape index (κ1) is 30.8. The summed E-state index contributed by atoms with van der Waals surface area (Å²) in [5.41, 5.74) is 1.67. The molecule has 0 saturated carbocycles. The third-order valence-corrected chi connectivity index (χ3v) is 6.85. The van der Waals surface area contributed by atoms with Gasteiger partial charge in [0.25, 0.3) is 5.91 Å². The fraction of sp³-hybridized carbons (Fsp3) is 0.281. The van der Waals surface area contributed by atoms with E-state index in [9.17, 15) is 29.1 Å². The monoisotopic (exact) mass is 586 g/mol. The number of aliphatic carboxylic acids is 1. The normalized spacial score (nSPS) is 20.5. The summed E-state index contributed by atoms with van der Waals surface area (Å²) in [4.78, 5) is 65.0. The molecular formula is C32H34N4O7. The number of hydrogen-bond donors (Lipinski definition) is 5. The van der Waals surface area contributed by atoms with Gasteiger partial charge in [0.15, 0.2) is 0 Å². The van der Waals surface area contributed by atoms with E-state index < -0.39 is 54.1 Å². The molecule has 43 heavy (non-hydrogen) atoms. The average Bonchev–Trinajstić information content (AvgIpc) is 3.00. The van der Waals surface area contributed by atoms with E-state index in [0.717, 1.165) is 11.1 Å². The number of carboxylic acid groups (broad SMARTS) is 1. The highest BCUT2D eigenvalue weighted by Gasteiger charge is 2.30. The van der Waals surface area contributed by atoms with Gasteiger partial charge in [0.1, 0.15) is 23.9 Å². The highest BCUT2D eigenvalue weighted by molar-refractivity contribution is 6.00. The molecule has 3 aromatic rings. The summed E-state index contributed by atoms with van der Waals surface area (Å²) < 4.78 is 5.76. The third kappa shape index (κ3) is 9.15. The van der Waals surface area contributed by atoms with E-state index in [-0.39, 0.29) is 37.3 Å². The number of ether oxygens (including phenoxy) is 1. The minimum Gasteiger partial charge on any atom is -0.493 e. The van der Waals surface area contributed by atoms with Gasteiger partial charge in [-0.15, -0.1) is 0 Å². The van der Waals surface area contributed by atoms with Crippen molar-refractivity contribution < 1.29 is 33.8 Å². The van der Waals surface area contributed by atoms with Gasteiger partial charge in [0.05, 0.1) is 18.6 Å². The number of hydrogen-bond acceptors (Lipinski definition) is 6. The lowest BCUT2D eigenvalue weighted by Crippen LogP contribution is -2.56. The Morgan fingerprint density at radius 2 is 1.33 bits per heavy atom. The van der Waals surface area contributed by atoms with Crippen LogP contribution in [0.5, 0.6) is 5.75 Å². The Morgan fingerprint density at radius 1 is 0.744 bits per heavy atom. The second-order valence-corrected chi connectivity index (χ2v) is 10.1. The van der Waals surface area contributed by atoms with Crippen molar-refractivity contribution in [2.45, 2.75) is 43.8 Å². The van der Waals surface area contributed by atoms with Crippen LogP contribution in [-0.2, 0) is 32.0 Å². The zero-order chi connectivity index (χ0) is 30.6. The molecule has 0 saturated heterocycles. The minimum absolute atomic E-state index is 0.0902. The van der Waals surface area contributed by atoms with Crippen LogP contribution in [-0.4, -0.2) is 66.0 Å². The Morgan fingerprint density at radius 3 is 1.95 bits per heavy atom. The summed E-state index contributed by atoms with van der Waals surface area (Å²) in [5.74, 6) is -3.69. The van der Waals surface area contributed by atoms with Crippen molar-refractivity contribution in [1.29, 1.82) is 0 Å². The first-order chi connectivity index (χ1) is 20.8. The number of benzene rings is 3. The van der Waals surface area contributed by atoms with E-state index in [2.05, 4.69) is 21.3 Å². The van der Waals surface area contributed by atoms with Crippen LogP contribution < -0.4 is 26.0 Å². The van der Waals surface area contributed by atoms with Gasteiger partial charge >= 0.3 is 5.97 Å². The van der Waals surface area contributed by atoms with Crippen molar-refractivity contribution in [3.05, 3.63) is 102 Å². The topological polar surface area (TPSA) is 163 Å². The van der Waals surface area contributed by atoms with Gasteiger partial charge in [-0.25, -0.2) is 4.79 Å². The van der Waals surface area contributed by atoms with Crippen LogP contribution in [0.25, 0.3) is 0 Å². The standard InChI is InChI=1S/C32H34N4O7/c37-28-20-26(32(41)42)36-29(38)23-14-7-8-15-27(23)43-17-9-16-33-30(39)24(18-21-10-3-1-4-11-21)35-31(40)25(34-28)19-22-12-5-2-6-13-22/h1-8,10-15,24-26H,9,16-20H2,(H,33,39)(H,34,37)(H,35,40)(H,36,38)(H,41,42)/t24?,25-,26-/m0/s1.